The number of benzene rings is 3. The van der Waals surface area contributed by atoms with Crippen LogP contribution in [0.5, 0.6) is 11.5 Å². The Hall–Kier alpha value is -4.05. The summed E-state index contributed by atoms with van der Waals surface area (Å²) in [6.07, 6.45) is 0.628. The average molecular weight is 466 g/mol. The summed E-state index contributed by atoms with van der Waals surface area (Å²) in [5.41, 5.74) is 7.28. The van der Waals surface area contributed by atoms with Crippen LogP contribution in [0.1, 0.15) is 30.1 Å². The van der Waals surface area contributed by atoms with Crippen LogP contribution in [0.3, 0.4) is 0 Å². The summed E-state index contributed by atoms with van der Waals surface area (Å²) in [4.78, 5) is 25.7. The number of aliphatic hydroxyl groups excluding tert-OH is 1. The molecule has 34 heavy (non-hydrogen) atoms. The van der Waals surface area contributed by atoms with Gasteiger partial charge >= 0.3 is 6.41 Å². The molecule has 4 rings (SSSR count). The van der Waals surface area contributed by atoms with Crippen molar-refractivity contribution in [2.24, 2.45) is 0 Å². The normalized spacial score (nSPS) is 14.2. The predicted octanol–water partition coefficient (Wildman–Crippen LogP) is 3.73. The molecule has 1 unspecified atom stereocenters. The van der Waals surface area contributed by atoms with E-state index in [1.807, 2.05) is 31.2 Å². The highest BCUT2D eigenvalue weighted by Gasteiger charge is 2.30. The number of anilines is 2. The number of non-ortho nitro benzene ring substituents is 1. The quantitative estimate of drug-likeness (QED) is 0.246. The minimum Gasteiger partial charge on any atom is -0.435 e. The highest BCUT2D eigenvalue weighted by molar-refractivity contribution is 6.07. The third-order valence-corrected chi connectivity index (χ3v) is 5.62. The SMILES string of the molecule is CCCCN(CCO)C(=O)c1cc2ccccc2c(N)c1OC1Nc2cc([N+](=O)[O-])ccc2O1. The van der Waals surface area contributed by atoms with Gasteiger partial charge in [0.1, 0.15) is 5.75 Å². The van der Waals surface area contributed by atoms with E-state index in [1.165, 1.54) is 18.2 Å². The summed E-state index contributed by atoms with van der Waals surface area (Å²) < 4.78 is 11.8. The lowest BCUT2D eigenvalue weighted by atomic mass is 10.0. The second kappa shape index (κ2) is 9.84. The molecule has 0 radical (unpaired) electrons. The molecule has 0 fully saturated rings. The first kappa shape index (κ1) is 23.1. The topological polar surface area (TPSA) is 140 Å². The van der Waals surface area contributed by atoms with Crippen LogP contribution in [0.25, 0.3) is 10.8 Å². The second-order valence-corrected chi connectivity index (χ2v) is 7.91. The number of nitrogen functional groups attached to an aromatic ring is 1. The maximum atomic E-state index is 13.5. The standard InChI is InChI=1S/C24H26N4O6/c1-2-3-10-27(11-12-29)23(30)18-13-15-6-4-5-7-17(15)21(25)22(18)34-24-26-19-14-16(28(31)32)8-9-20(19)33-24/h4-9,13-14,24,26,29H,2-3,10-12,25H2,1H3. The number of nitro groups is 1. The first-order chi connectivity index (χ1) is 16.4. The van der Waals surface area contributed by atoms with E-state index in [4.69, 9.17) is 15.2 Å². The van der Waals surface area contributed by atoms with Crippen LogP contribution in [0.15, 0.2) is 48.5 Å². The number of nitro benzene ring substituents is 1. The maximum absolute atomic E-state index is 13.5. The van der Waals surface area contributed by atoms with E-state index in [-0.39, 0.29) is 41.7 Å². The van der Waals surface area contributed by atoms with Gasteiger partial charge in [0.05, 0.1) is 28.5 Å². The smallest absolute Gasteiger partial charge is 0.325 e. The van der Waals surface area contributed by atoms with E-state index < -0.39 is 11.3 Å². The molecule has 0 spiro atoms. The first-order valence-electron chi connectivity index (χ1n) is 11.0. The molecule has 10 heteroatoms. The number of aliphatic hydroxyl groups is 1. The highest BCUT2D eigenvalue weighted by Crippen LogP contribution is 2.39. The van der Waals surface area contributed by atoms with Gasteiger partial charge in [-0.25, -0.2) is 0 Å². The van der Waals surface area contributed by atoms with Crippen LogP contribution in [0.4, 0.5) is 17.1 Å². The monoisotopic (exact) mass is 466 g/mol. The Labute approximate surface area is 196 Å². The summed E-state index contributed by atoms with van der Waals surface area (Å²) in [7, 11) is 0. The first-order valence-corrected chi connectivity index (χ1v) is 11.0. The van der Waals surface area contributed by atoms with E-state index in [0.29, 0.717) is 23.4 Å². The molecule has 0 saturated carbocycles. The number of amides is 1. The third-order valence-electron chi connectivity index (χ3n) is 5.62. The van der Waals surface area contributed by atoms with Crippen molar-refractivity contribution in [3.63, 3.8) is 0 Å². The Kier molecular flexibility index (Phi) is 6.69. The number of fused-ring (bicyclic) bond motifs is 2. The summed E-state index contributed by atoms with van der Waals surface area (Å²) >= 11 is 0. The van der Waals surface area contributed by atoms with Crippen molar-refractivity contribution in [2.75, 3.05) is 30.7 Å². The lowest BCUT2D eigenvalue weighted by Crippen LogP contribution is -2.35. The zero-order chi connectivity index (χ0) is 24.2. The number of ether oxygens (including phenoxy) is 2. The van der Waals surface area contributed by atoms with E-state index in [2.05, 4.69) is 5.32 Å². The Morgan fingerprint density at radius 3 is 2.79 bits per heavy atom. The number of unbranched alkanes of at least 4 members (excludes halogenated alkanes) is 1. The van der Waals surface area contributed by atoms with Crippen LogP contribution in [0, 0.1) is 10.1 Å². The summed E-state index contributed by atoms with van der Waals surface area (Å²) in [6, 6.07) is 13.3. The third kappa shape index (κ3) is 4.53. The van der Waals surface area contributed by atoms with E-state index in [9.17, 15) is 20.0 Å². The Morgan fingerprint density at radius 1 is 1.26 bits per heavy atom. The number of rotatable bonds is 9. The number of hydrogen-bond acceptors (Lipinski definition) is 8. The van der Waals surface area contributed by atoms with Crippen molar-refractivity contribution in [3.8, 4) is 11.5 Å². The molecule has 10 nitrogen and oxygen atoms in total. The molecule has 178 valence electrons. The summed E-state index contributed by atoms with van der Waals surface area (Å²) in [5.74, 6) is 0.205. The molecule has 0 aliphatic carbocycles. The van der Waals surface area contributed by atoms with Crippen LogP contribution in [-0.2, 0) is 0 Å². The fourth-order valence-electron chi connectivity index (χ4n) is 3.88. The molecule has 1 amide bonds. The maximum Gasteiger partial charge on any atom is 0.325 e. The highest BCUT2D eigenvalue weighted by atomic mass is 16.7. The van der Waals surface area contributed by atoms with Crippen LogP contribution in [0.2, 0.25) is 0 Å². The van der Waals surface area contributed by atoms with Gasteiger partial charge in [-0.3, -0.25) is 14.9 Å². The molecule has 1 aliphatic rings. The van der Waals surface area contributed by atoms with Crippen molar-refractivity contribution in [3.05, 3.63) is 64.2 Å². The van der Waals surface area contributed by atoms with Crippen LogP contribution >= 0.6 is 0 Å². The number of carbonyl (C=O) groups is 1. The van der Waals surface area contributed by atoms with Gasteiger partial charge in [-0.15, -0.1) is 0 Å². The Bertz CT molecular complexity index is 1230. The fraction of sp³-hybridized carbons (Fsp3) is 0.292. The average Bonchev–Trinajstić information content (AvgIpc) is 3.24. The molecule has 0 bridgehead atoms. The number of hydrogen-bond donors (Lipinski definition) is 3. The molecule has 1 aliphatic heterocycles. The van der Waals surface area contributed by atoms with Gasteiger partial charge in [-0.2, -0.15) is 0 Å². The van der Waals surface area contributed by atoms with Crippen molar-refractivity contribution in [1.29, 1.82) is 0 Å². The second-order valence-electron chi connectivity index (χ2n) is 7.91. The molecule has 1 atom stereocenters. The number of nitrogens with one attached hydrogen (secondary N) is 1. The molecule has 3 aromatic rings. The van der Waals surface area contributed by atoms with Crippen molar-refractivity contribution < 1.29 is 24.3 Å². The lowest BCUT2D eigenvalue weighted by Gasteiger charge is -2.25. The molecule has 3 aromatic carbocycles. The van der Waals surface area contributed by atoms with Gasteiger partial charge in [-0.05, 0) is 23.9 Å². The van der Waals surface area contributed by atoms with Crippen molar-refractivity contribution in [2.45, 2.75) is 26.2 Å². The largest absolute Gasteiger partial charge is 0.435 e. The Balaban J connectivity index is 1.70. The molecule has 1 heterocycles. The summed E-state index contributed by atoms with van der Waals surface area (Å²) in [5, 5.41) is 25.0. The lowest BCUT2D eigenvalue weighted by molar-refractivity contribution is -0.384. The predicted molar refractivity (Wildman–Crippen MR) is 128 cm³/mol. The molecular weight excluding hydrogens is 440 g/mol. The number of carbonyl (C=O) groups excluding carboxylic acids is 1. The van der Waals surface area contributed by atoms with Crippen LogP contribution in [-0.4, -0.2) is 46.9 Å². The van der Waals surface area contributed by atoms with Gasteiger partial charge in [0.2, 0.25) is 0 Å². The molecular formula is C24H26N4O6. The van der Waals surface area contributed by atoms with E-state index >= 15 is 0 Å². The van der Waals surface area contributed by atoms with E-state index in [0.717, 1.165) is 18.2 Å². The summed E-state index contributed by atoms with van der Waals surface area (Å²) in [6.45, 7) is 2.51. The zero-order valence-electron chi connectivity index (χ0n) is 18.7. The minimum absolute atomic E-state index is 0.0906. The van der Waals surface area contributed by atoms with E-state index in [1.54, 1.807) is 11.0 Å². The number of nitrogens with zero attached hydrogens (tertiary/aromatic N) is 2. The van der Waals surface area contributed by atoms with Crippen molar-refractivity contribution in [1.82, 2.24) is 4.90 Å². The van der Waals surface area contributed by atoms with Gasteiger partial charge in [0.15, 0.2) is 5.75 Å². The van der Waals surface area contributed by atoms with Gasteiger partial charge in [0.25, 0.3) is 11.6 Å². The minimum atomic E-state index is -1.05. The van der Waals surface area contributed by atoms with Crippen molar-refractivity contribution >= 4 is 33.7 Å². The van der Waals surface area contributed by atoms with Gasteiger partial charge < -0.3 is 30.5 Å². The molecule has 0 aromatic heterocycles. The molecule has 4 N–H and O–H groups in total. The van der Waals surface area contributed by atoms with Gasteiger partial charge in [0, 0.05) is 30.6 Å². The van der Waals surface area contributed by atoms with Crippen LogP contribution < -0.4 is 20.5 Å². The zero-order valence-corrected chi connectivity index (χ0v) is 18.7. The fourth-order valence-corrected chi connectivity index (χ4v) is 3.88. The Morgan fingerprint density at radius 2 is 2.06 bits per heavy atom. The molecule has 0 saturated heterocycles. The van der Waals surface area contributed by atoms with Gasteiger partial charge in [-0.1, -0.05) is 37.6 Å². The number of nitrogens with two attached hydrogens (primary N) is 1.